The first-order valence-electron chi connectivity index (χ1n) is 13.2. The van der Waals surface area contributed by atoms with E-state index in [4.69, 9.17) is 11.6 Å². The lowest BCUT2D eigenvalue weighted by Gasteiger charge is -2.40. The number of aromatic nitrogens is 1. The standard InChI is InChI=1S/C31H33ClN4/c32-25-12-13-28-29(14-16-34-30(28)22-25)33-15-5-17-35-18-20-36(21-19-35)31-26-8-3-1-6-23(26)10-11-24-7-2-4-9-27(24)31/h1-4,6-9,12-14,16,22,31H,5,10-11,15,17-21H2,(H,33,34). The molecule has 2 aliphatic rings. The van der Waals surface area contributed by atoms with Crippen molar-refractivity contribution >= 4 is 28.2 Å². The lowest BCUT2D eigenvalue weighted by atomic mass is 9.92. The van der Waals surface area contributed by atoms with Crippen LogP contribution >= 0.6 is 11.6 Å². The molecule has 0 unspecified atom stereocenters. The molecule has 3 aromatic carbocycles. The van der Waals surface area contributed by atoms with Gasteiger partial charge in [-0.3, -0.25) is 9.88 Å². The van der Waals surface area contributed by atoms with Gasteiger partial charge in [0, 0.05) is 55.0 Å². The van der Waals surface area contributed by atoms with Crippen molar-refractivity contribution in [2.24, 2.45) is 0 Å². The first-order chi connectivity index (χ1) is 17.8. The number of rotatable bonds is 6. The van der Waals surface area contributed by atoms with Gasteiger partial charge in [0.15, 0.2) is 0 Å². The summed E-state index contributed by atoms with van der Waals surface area (Å²) in [6.45, 7) is 6.53. The zero-order chi connectivity index (χ0) is 24.3. The summed E-state index contributed by atoms with van der Waals surface area (Å²) in [7, 11) is 0. The van der Waals surface area contributed by atoms with Crippen LogP contribution in [0.15, 0.2) is 79.0 Å². The van der Waals surface area contributed by atoms with Gasteiger partial charge in [0.2, 0.25) is 0 Å². The first kappa shape index (κ1) is 23.5. The Kier molecular flexibility index (Phi) is 6.91. The number of hydrogen-bond acceptors (Lipinski definition) is 4. The highest BCUT2D eigenvalue weighted by atomic mass is 35.5. The SMILES string of the molecule is Clc1ccc2c(NCCCN3CCN(C4c5ccccc5CCc5ccccc54)CC3)ccnc2c1. The molecule has 0 radical (unpaired) electrons. The maximum atomic E-state index is 6.13. The van der Waals surface area contributed by atoms with E-state index in [1.807, 2.05) is 18.3 Å². The summed E-state index contributed by atoms with van der Waals surface area (Å²) in [4.78, 5) is 9.78. The van der Waals surface area contributed by atoms with E-state index in [-0.39, 0.29) is 0 Å². The minimum absolute atomic E-state index is 0.372. The number of piperazine rings is 1. The lowest BCUT2D eigenvalue weighted by Crippen LogP contribution is -2.48. The second-order valence-electron chi connectivity index (χ2n) is 9.98. The normalized spacial score (nSPS) is 16.9. The van der Waals surface area contributed by atoms with E-state index in [0.29, 0.717) is 6.04 Å². The zero-order valence-electron chi connectivity index (χ0n) is 20.7. The number of anilines is 1. The third-order valence-corrected chi connectivity index (χ3v) is 8.04. The van der Waals surface area contributed by atoms with E-state index in [1.165, 1.54) is 22.3 Å². The van der Waals surface area contributed by atoms with E-state index in [0.717, 1.165) is 80.1 Å². The molecule has 4 nitrogen and oxygen atoms in total. The van der Waals surface area contributed by atoms with E-state index >= 15 is 0 Å². The maximum absolute atomic E-state index is 6.13. The Labute approximate surface area is 218 Å². The number of benzene rings is 3. The van der Waals surface area contributed by atoms with Gasteiger partial charge in [-0.15, -0.1) is 0 Å². The summed E-state index contributed by atoms with van der Waals surface area (Å²) < 4.78 is 0. The number of halogens is 1. The molecule has 0 bridgehead atoms. The minimum atomic E-state index is 0.372. The van der Waals surface area contributed by atoms with Gasteiger partial charge in [-0.25, -0.2) is 0 Å². The molecule has 1 saturated heterocycles. The van der Waals surface area contributed by atoms with Crippen LogP contribution in [0.25, 0.3) is 10.9 Å². The third-order valence-electron chi connectivity index (χ3n) is 7.81. The van der Waals surface area contributed by atoms with Crippen LogP contribution in [0.1, 0.15) is 34.7 Å². The molecule has 0 amide bonds. The highest BCUT2D eigenvalue weighted by Crippen LogP contribution is 2.37. The Balaban J connectivity index is 1.07. The summed E-state index contributed by atoms with van der Waals surface area (Å²) in [6.07, 6.45) is 5.24. The Morgan fingerprint density at radius 2 is 1.53 bits per heavy atom. The third kappa shape index (κ3) is 4.86. The summed E-state index contributed by atoms with van der Waals surface area (Å²) in [5.74, 6) is 0. The lowest BCUT2D eigenvalue weighted by molar-refractivity contribution is 0.109. The largest absolute Gasteiger partial charge is 0.384 e. The molecule has 1 N–H and O–H groups in total. The van der Waals surface area contributed by atoms with Crippen LogP contribution in [-0.4, -0.2) is 54.1 Å². The van der Waals surface area contributed by atoms with Gasteiger partial charge < -0.3 is 10.2 Å². The number of nitrogens with zero attached hydrogens (tertiary/aromatic N) is 3. The fourth-order valence-electron chi connectivity index (χ4n) is 5.93. The van der Waals surface area contributed by atoms with Gasteiger partial charge >= 0.3 is 0 Å². The molecule has 4 aromatic rings. The second-order valence-corrected chi connectivity index (χ2v) is 10.4. The van der Waals surface area contributed by atoms with E-state index in [1.54, 1.807) is 0 Å². The number of fused-ring (bicyclic) bond motifs is 3. The van der Waals surface area contributed by atoms with Gasteiger partial charge in [0.05, 0.1) is 11.6 Å². The average Bonchev–Trinajstić information content (AvgIpc) is 3.08. The first-order valence-corrected chi connectivity index (χ1v) is 13.5. The highest BCUT2D eigenvalue weighted by molar-refractivity contribution is 6.31. The van der Waals surface area contributed by atoms with Crippen LogP contribution in [0.3, 0.4) is 0 Å². The van der Waals surface area contributed by atoms with E-state index in [2.05, 4.69) is 80.8 Å². The van der Waals surface area contributed by atoms with Crippen molar-refractivity contribution < 1.29 is 0 Å². The smallest absolute Gasteiger partial charge is 0.0737 e. The predicted octanol–water partition coefficient (Wildman–Crippen LogP) is 6.20. The van der Waals surface area contributed by atoms with Crippen molar-refractivity contribution in [1.29, 1.82) is 0 Å². The van der Waals surface area contributed by atoms with E-state index in [9.17, 15) is 0 Å². The van der Waals surface area contributed by atoms with Gasteiger partial charge in [0.1, 0.15) is 0 Å². The zero-order valence-corrected chi connectivity index (χ0v) is 21.4. The van der Waals surface area contributed by atoms with Crippen LogP contribution in [0, 0.1) is 0 Å². The molecule has 6 rings (SSSR count). The molecule has 1 aliphatic heterocycles. The van der Waals surface area contributed by atoms with Crippen molar-refractivity contribution in [1.82, 2.24) is 14.8 Å². The molecule has 184 valence electrons. The number of hydrogen-bond donors (Lipinski definition) is 1. The highest BCUT2D eigenvalue weighted by Gasteiger charge is 2.30. The molecule has 1 aromatic heterocycles. The van der Waals surface area contributed by atoms with E-state index < -0.39 is 0 Å². The van der Waals surface area contributed by atoms with Gasteiger partial charge in [-0.2, -0.15) is 0 Å². The predicted molar refractivity (Wildman–Crippen MR) is 150 cm³/mol. The van der Waals surface area contributed by atoms with Crippen LogP contribution in [0.4, 0.5) is 5.69 Å². The Bertz CT molecular complexity index is 1300. The minimum Gasteiger partial charge on any atom is -0.384 e. The van der Waals surface area contributed by atoms with Crippen LogP contribution < -0.4 is 5.32 Å². The van der Waals surface area contributed by atoms with Gasteiger partial charge in [-0.1, -0.05) is 60.1 Å². The quantitative estimate of drug-likeness (QED) is 0.322. The van der Waals surface area contributed by atoms with Gasteiger partial charge in [0.25, 0.3) is 0 Å². The summed E-state index contributed by atoms with van der Waals surface area (Å²) in [6, 6.07) is 26.5. The van der Waals surface area contributed by atoms with Crippen LogP contribution in [0.5, 0.6) is 0 Å². The monoisotopic (exact) mass is 496 g/mol. The van der Waals surface area contributed by atoms with Crippen molar-refractivity contribution in [3.8, 4) is 0 Å². The number of nitrogens with one attached hydrogen (secondary N) is 1. The molecule has 0 atom stereocenters. The fraction of sp³-hybridized carbons (Fsp3) is 0.323. The average molecular weight is 497 g/mol. The molecular weight excluding hydrogens is 464 g/mol. The second kappa shape index (κ2) is 10.6. The molecular formula is C31H33ClN4. The molecule has 36 heavy (non-hydrogen) atoms. The molecule has 1 fully saturated rings. The molecule has 2 heterocycles. The molecule has 0 saturated carbocycles. The fourth-order valence-corrected chi connectivity index (χ4v) is 6.10. The Hall–Kier alpha value is -2.92. The molecule has 1 aliphatic carbocycles. The Morgan fingerprint density at radius 3 is 2.25 bits per heavy atom. The van der Waals surface area contributed by atoms with Crippen molar-refractivity contribution in [3.63, 3.8) is 0 Å². The summed E-state index contributed by atoms with van der Waals surface area (Å²) in [5.41, 5.74) is 8.10. The van der Waals surface area contributed by atoms with Gasteiger partial charge in [-0.05, 0) is 72.3 Å². The summed E-state index contributed by atoms with van der Waals surface area (Å²) in [5, 5.41) is 5.46. The number of pyridine rings is 1. The van der Waals surface area contributed by atoms with Crippen molar-refractivity contribution in [3.05, 3.63) is 106 Å². The van der Waals surface area contributed by atoms with Crippen LogP contribution in [0.2, 0.25) is 5.02 Å². The van der Waals surface area contributed by atoms with Crippen LogP contribution in [-0.2, 0) is 12.8 Å². The topological polar surface area (TPSA) is 31.4 Å². The van der Waals surface area contributed by atoms with Crippen molar-refractivity contribution in [2.75, 3.05) is 44.6 Å². The number of aryl methyl sites for hydroxylation is 2. The summed E-state index contributed by atoms with van der Waals surface area (Å²) >= 11 is 6.13. The molecule has 0 spiro atoms. The Morgan fingerprint density at radius 1 is 0.833 bits per heavy atom. The van der Waals surface area contributed by atoms with Crippen molar-refractivity contribution in [2.45, 2.75) is 25.3 Å². The molecule has 5 heteroatoms. The maximum Gasteiger partial charge on any atom is 0.0737 e.